The van der Waals surface area contributed by atoms with Crippen LogP contribution >= 0.6 is 11.3 Å². The van der Waals surface area contributed by atoms with E-state index < -0.39 is 0 Å². The largest absolute Gasteiger partial charge is 0.330 e. The molecule has 4 heteroatoms. The molecule has 0 saturated carbocycles. The molecule has 1 N–H and O–H groups in total. The number of amides is 2. The molecule has 3 rings (SSSR count). The Balaban J connectivity index is 1.74. The van der Waals surface area contributed by atoms with Crippen LogP contribution in [0.3, 0.4) is 0 Å². The summed E-state index contributed by atoms with van der Waals surface area (Å²) in [6.45, 7) is 2.87. The number of anilines is 1. The lowest BCUT2D eigenvalue weighted by Gasteiger charge is -2.22. The summed E-state index contributed by atoms with van der Waals surface area (Å²) in [7, 11) is 0. The van der Waals surface area contributed by atoms with Crippen molar-refractivity contribution >= 4 is 23.1 Å². The molecule has 0 spiro atoms. The third-order valence-electron chi connectivity index (χ3n) is 3.72. The zero-order valence-corrected chi connectivity index (χ0v) is 12.3. The van der Waals surface area contributed by atoms with Crippen molar-refractivity contribution in [1.29, 1.82) is 0 Å². The maximum Gasteiger partial charge on any atom is 0.322 e. The quantitative estimate of drug-likeness (QED) is 0.909. The van der Waals surface area contributed by atoms with Gasteiger partial charge in [0.05, 0.1) is 6.04 Å². The van der Waals surface area contributed by atoms with Crippen molar-refractivity contribution in [3.63, 3.8) is 0 Å². The average molecular weight is 286 g/mol. The monoisotopic (exact) mass is 286 g/mol. The Morgan fingerprint density at radius 2 is 2.20 bits per heavy atom. The van der Waals surface area contributed by atoms with Crippen molar-refractivity contribution in [3.05, 3.63) is 52.2 Å². The fourth-order valence-electron chi connectivity index (χ4n) is 2.64. The molecule has 0 radical (unpaired) electrons. The minimum atomic E-state index is 0.00944. The summed E-state index contributed by atoms with van der Waals surface area (Å²) in [5.74, 6) is 0. The molecule has 0 saturated heterocycles. The standard InChI is InChI=1S/C16H18N2OS/c1-2-13(15-8-5-11-20-15)17-16(19)18-10-9-12-6-3-4-7-14(12)18/h3-8,11,13H,2,9-10H2,1H3,(H,17,19)/t13-/m0/s1. The second-order valence-corrected chi connectivity index (χ2v) is 5.94. The molecule has 1 aromatic carbocycles. The van der Waals surface area contributed by atoms with E-state index in [-0.39, 0.29) is 12.1 Å². The number of hydrogen-bond donors (Lipinski definition) is 1. The van der Waals surface area contributed by atoms with E-state index >= 15 is 0 Å². The summed E-state index contributed by atoms with van der Waals surface area (Å²) < 4.78 is 0. The lowest BCUT2D eigenvalue weighted by molar-refractivity contribution is 0.243. The van der Waals surface area contributed by atoms with E-state index in [9.17, 15) is 4.79 Å². The first-order valence-corrected chi connectivity index (χ1v) is 7.87. The maximum atomic E-state index is 12.5. The van der Waals surface area contributed by atoms with Gasteiger partial charge in [0.1, 0.15) is 0 Å². The summed E-state index contributed by atoms with van der Waals surface area (Å²) in [4.78, 5) is 15.6. The summed E-state index contributed by atoms with van der Waals surface area (Å²) in [6.07, 6.45) is 1.85. The summed E-state index contributed by atoms with van der Waals surface area (Å²) >= 11 is 1.69. The van der Waals surface area contributed by atoms with Gasteiger partial charge in [-0.1, -0.05) is 31.2 Å². The number of nitrogens with one attached hydrogen (secondary N) is 1. The Hall–Kier alpha value is -1.81. The zero-order valence-electron chi connectivity index (χ0n) is 11.5. The van der Waals surface area contributed by atoms with E-state index in [0.717, 1.165) is 25.1 Å². The fourth-order valence-corrected chi connectivity index (χ4v) is 3.50. The van der Waals surface area contributed by atoms with Crippen LogP contribution in [0.2, 0.25) is 0 Å². The van der Waals surface area contributed by atoms with Crippen molar-refractivity contribution in [2.75, 3.05) is 11.4 Å². The number of thiophene rings is 1. The summed E-state index contributed by atoms with van der Waals surface area (Å²) in [6, 6.07) is 12.4. The van der Waals surface area contributed by atoms with Crippen LogP contribution in [0.15, 0.2) is 41.8 Å². The lowest BCUT2D eigenvalue weighted by atomic mass is 10.2. The number of benzene rings is 1. The second-order valence-electron chi connectivity index (χ2n) is 4.96. The van der Waals surface area contributed by atoms with Crippen molar-refractivity contribution in [1.82, 2.24) is 5.32 Å². The number of fused-ring (bicyclic) bond motifs is 1. The molecule has 1 aliphatic rings. The molecule has 0 bridgehead atoms. The number of urea groups is 1. The molecule has 1 aromatic heterocycles. The minimum absolute atomic E-state index is 0.00944. The highest BCUT2D eigenvalue weighted by atomic mass is 32.1. The average Bonchev–Trinajstić information content (AvgIpc) is 3.13. The van der Waals surface area contributed by atoms with Crippen LogP contribution in [0.1, 0.15) is 29.8 Å². The summed E-state index contributed by atoms with van der Waals surface area (Å²) in [5.41, 5.74) is 2.30. The smallest absolute Gasteiger partial charge is 0.322 e. The zero-order chi connectivity index (χ0) is 13.9. The highest BCUT2D eigenvalue weighted by Crippen LogP contribution is 2.28. The number of para-hydroxylation sites is 1. The number of carbonyl (C=O) groups is 1. The van der Waals surface area contributed by atoms with Crippen molar-refractivity contribution in [2.45, 2.75) is 25.8 Å². The van der Waals surface area contributed by atoms with Crippen LogP contribution in [-0.2, 0) is 6.42 Å². The van der Waals surface area contributed by atoms with Gasteiger partial charge in [0.15, 0.2) is 0 Å². The van der Waals surface area contributed by atoms with Crippen LogP contribution in [0.5, 0.6) is 0 Å². The molecule has 104 valence electrons. The first-order chi connectivity index (χ1) is 9.79. The Labute approximate surface area is 123 Å². The first kappa shape index (κ1) is 13.2. The highest BCUT2D eigenvalue weighted by Gasteiger charge is 2.25. The minimum Gasteiger partial charge on any atom is -0.330 e. The maximum absolute atomic E-state index is 12.5. The van der Waals surface area contributed by atoms with Gasteiger partial charge >= 0.3 is 6.03 Å². The lowest BCUT2D eigenvalue weighted by Crippen LogP contribution is -2.40. The third-order valence-corrected chi connectivity index (χ3v) is 4.71. The second kappa shape index (κ2) is 5.67. The van der Waals surface area contributed by atoms with Gasteiger partial charge in [-0.25, -0.2) is 4.79 Å². The van der Waals surface area contributed by atoms with Crippen LogP contribution in [0.25, 0.3) is 0 Å². The van der Waals surface area contributed by atoms with Gasteiger partial charge in [-0.3, -0.25) is 4.90 Å². The molecule has 20 heavy (non-hydrogen) atoms. The molecule has 0 aliphatic carbocycles. The molecule has 0 fully saturated rings. The molecular weight excluding hydrogens is 268 g/mol. The van der Waals surface area contributed by atoms with E-state index in [0.29, 0.717) is 0 Å². The Bertz CT molecular complexity index is 594. The van der Waals surface area contributed by atoms with Gasteiger partial charge in [-0.15, -0.1) is 11.3 Å². The molecule has 1 atom stereocenters. The van der Waals surface area contributed by atoms with Crippen LogP contribution in [-0.4, -0.2) is 12.6 Å². The number of carbonyl (C=O) groups excluding carboxylic acids is 1. The van der Waals surface area contributed by atoms with Crippen molar-refractivity contribution in [2.24, 2.45) is 0 Å². The molecule has 2 heterocycles. The molecule has 1 aliphatic heterocycles. The van der Waals surface area contributed by atoms with Gasteiger partial charge in [0, 0.05) is 17.1 Å². The topological polar surface area (TPSA) is 32.3 Å². The van der Waals surface area contributed by atoms with E-state index in [1.54, 1.807) is 11.3 Å². The van der Waals surface area contributed by atoms with Crippen LogP contribution in [0.4, 0.5) is 10.5 Å². The van der Waals surface area contributed by atoms with E-state index in [2.05, 4.69) is 29.8 Å². The normalized spacial score (nSPS) is 14.9. The predicted molar refractivity (Wildman–Crippen MR) is 83.4 cm³/mol. The molecular formula is C16H18N2OS. The SMILES string of the molecule is CC[C@H](NC(=O)N1CCc2ccccc21)c1cccs1. The van der Waals surface area contributed by atoms with Gasteiger partial charge in [0.25, 0.3) is 0 Å². The number of nitrogens with zero attached hydrogens (tertiary/aromatic N) is 1. The first-order valence-electron chi connectivity index (χ1n) is 6.99. The number of rotatable bonds is 3. The Morgan fingerprint density at radius 1 is 1.35 bits per heavy atom. The van der Waals surface area contributed by atoms with E-state index in [1.807, 2.05) is 29.2 Å². The fraction of sp³-hybridized carbons (Fsp3) is 0.312. The van der Waals surface area contributed by atoms with E-state index in [4.69, 9.17) is 0 Å². The Kier molecular flexibility index (Phi) is 3.74. The van der Waals surface area contributed by atoms with Crippen molar-refractivity contribution < 1.29 is 4.79 Å². The van der Waals surface area contributed by atoms with E-state index in [1.165, 1.54) is 10.4 Å². The van der Waals surface area contributed by atoms with Gasteiger partial charge in [-0.05, 0) is 35.9 Å². The van der Waals surface area contributed by atoms with Gasteiger partial charge in [-0.2, -0.15) is 0 Å². The molecule has 2 amide bonds. The Morgan fingerprint density at radius 3 is 2.95 bits per heavy atom. The van der Waals surface area contributed by atoms with Gasteiger partial charge < -0.3 is 5.32 Å². The van der Waals surface area contributed by atoms with Crippen molar-refractivity contribution in [3.8, 4) is 0 Å². The highest BCUT2D eigenvalue weighted by molar-refractivity contribution is 7.10. The summed E-state index contributed by atoms with van der Waals surface area (Å²) in [5, 5.41) is 5.20. The molecule has 3 nitrogen and oxygen atoms in total. The van der Waals surface area contributed by atoms with Crippen LogP contribution in [0, 0.1) is 0 Å². The molecule has 0 unspecified atom stereocenters. The molecule has 2 aromatic rings. The number of hydrogen-bond acceptors (Lipinski definition) is 2. The third kappa shape index (κ3) is 2.43. The van der Waals surface area contributed by atoms with Gasteiger partial charge in [0.2, 0.25) is 0 Å². The predicted octanol–water partition coefficient (Wildman–Crippen LogP) is 3.97. The van der Waals surface area contributed by atoms with Crippen LogP contribution < -0.4 is 10.2 Å².